The Hall–Kier alpha value is -2.31. The van der Waals surface area contributed by atoms with E-state index in [1.165, 1.54) is 14.2 Å². The summed E-state index contributed by atoms with van der Waals surface area (Å²) >= 11 is 2.10. The fourth-order valence-electron chi connectivity index (χ4n) is 3.30. The molecule has 8 nitrogen and oxygen atoms in total. The first kappa shape index (κ1) is 33.7. The number of methoxy groups -OCH3 is 2. The number of hydrogen-bond donors (Lipinski definition) is 0. The van der Waals surface area contributed by atoms with Crippen LogP contribution in [0.5, 0.6) is 0 Å². The Morgan fingerprint density at radius 3 is 2.21 bits per heavy atom. The average Bonchev–Trinajstić information content (AvgIpc) is 2.94. The topological polar surface area (TPSA) is 89.5 Å². The summed E-state index contributed by atoms with van der Waals surface area (Å²) in [6, 6.07) is 14.6. The molecule has 3 rings (SSSR count). The minimum absolute atomic E-state index is 0. The average molecular weight is 643 g/mol. The highest BCUT2D eigenvalue weighted by Crippen LogP contribution is 2.14. The number of hydrogen-bond acceptors (Lipinski definition) is 8. The highest BCUT2D eigenvalue weighted by atomic mass is 127. The molecule has 2 aromatic rings. The lowest BCUT2D eigenvalue weighted by atomic mass is 10.1. The second kappa shape index (κ2) is 20.6. The number of carbonyl (C=O) groups is 2. The molecule has 0 saturated carbocycles. The zero-order valence-corrected chi connectivity index (χ0v) is 23.5. The van der Waals surface area contributed by atoms with Crippen molar-refractivity contribution in [2.45, 2.75) is 33.0 Å². The third kappa shape index (κ3) is 13.0. The second-order valence-electron chi connectivity index (χ2n) is 7.81. The summed E-state index contributed by atoms with van der Waals surface area (Å²) in [7, 11) is 2.75. The van der Waals surface area contributed by atoms with E-state index in [0.29, 0.717) is 44.2 Å². The number of carbonyl (C=O) groups excluding carboxylic acids is 2. The van der Waals surface area contributed by atoms with Gasteiger partial charge in [0, 0.05) is 10.2 Å². The fraction of sp³-hybridized carbons (Fsp3) is 0.448. The van der Waals surface area contributed by atoms with Gasteiger partial charge < -0.3 is 28.4 Å². The van der Waals surface area contributed by atoms with Gasteiger partial charge in [0.2, 0.25) is 0 Å². The van der Waals surface area contributed by atoms with Crippen LogP contribution < -0.4 is 0 Å². The smallest absolute Gasteiger partial charge is 0.338 e. The van der Waals surface area contributed by atoms with E-state index in [1.807, 2.05) is 48.6 Å². The lowest BCUT2D eigenvalue weighted by Gasteiger charge is -2.22. The van der Waals surface area contributed by atoms with Crippen molar-refractivity contribution in [3.8, 4) is 0 Å². The van der Waals surface area contributed by atoms with E-state index < -0.39 is 0 Å². The molecule has 1 atom stereocenters. The van der Waals surface area contributed by atoms with Crippen molar-refractivity contribution in [3.05, 3.63) is 74.9 Å². The van der Waals surface area contributed by atoms with Crippen molar-refractivity contribution in [2.75, 3.05) is 53.9 Å². The minimum Gasteiger partial charge on any atom is -0.465 e. The Bertz CT molecular complexity index is 973. The van der Waals surface area contributed by atoms with Crippen LogP contribution in [-0.4, -0.2) is 72.1 Å². The van der Waals surface area contributed by atoms with Crippen LogP contribution in [0, 0.1) is 3.57 Å². The van der Waals surface area contributed by atoms with Gasteiger partial charge in [0.25, 0.3) is 0 Å². The van der Waals surface area contributed by atoms with Crippen molar-refractivity contribution >= 4 is 40.6 Å². The van der Waals surface area contributed by atoms with Gasteiger partial charge in [-0.1, -0.05) is 49.9 Å². The van der Waals surface area contributed by atoms with Gasteiger partial charge in [-0.2, -0.15) is 0 Å². The first-order valence-electron chi connectivity index (χ1n) is 12.1. The third-order valence-electron chi connectivity index (χ3n) is 5.20. The Morgan fingerprint density at radius 2 is 1.53 bits per heavy atom. The number of rotatable bonds is 12. The van der Waals surface area contributed by atoms with Crippen molar-refractivity contribution in [1.29, 1.82) is 0 Å². The van der Waals surface area contributed by atoms with Gasteiger partial charge in [-0.05, 0) is 65.6 Å². The van der Waals surface area contributed by atoms with Gasteiger partial charge in [-0.25, -0.2) is 9.59 Å². The first-order valence-corrected chi connectivity index (χ1v) is 13.2. The third-order valence-corrected chi connectivity index (χ3v) is 6.14. The lowest BCUT2D eigenvalue weighted by Crippen LogP contribution is -2.24. The summed E-state index contributed by atoms with van der Waals surface area (Å²) in [6.45, 7) is 3.33. The quantitative estimate of drug-likeness (QED) is 0.164. The second-order valence-corrected chi connectivity index (χ2v) is 8.97. The monoisotopic (exact) mass is 642 g/mol. The Balaban J connectivity index is 0.000000505. The summed E-state index contributed by atoms with van der Waals surface area (Å²) in [5, 5.41) is 0. The van der Waals surface area contributed by atoms with Crippen molar-refractivity contribution < 1.29 is 38.0 Å². The standard InChI is InChI=1S/C20H28O6.C8H7IO2.CH4/c1-22-20(21)18-9-3-2-7-17(18)8-6-11-23-13-14-24-15-16-26-19-10-4-5-12-25-19;1-11-8(10)6-4-2-3-5-7(6)9;/h2-3,6-9,19H,4-5,10-16H2,1H3;2-5H,1H3;1H4/b8-6+;;. The maximum atomic E-state index is 11.7. The van der Waals surface area contributed by atoms with Gasteiger partial charge in [0.15, 0.2) is 6.29 Å². The molecule has 0 amide bonds. The molecule has 1 fully saturated rings. The molecule has 1 heterocycles. The van der Waals surface area contributed by atoms with E-state index in [1.54, 1.807) is 12.1 Å². The number of ether oxygens (including phenoxy) is 6. The molecule has 2 aromatic carbocycles. The summed E-state index contributed by atoms with van der Waals surface area (Å²) < 4.78 is 32.3. The van der Waals surface area contributed by atoms with Gasteiger partial charge in [0.1, 0.15) is 0 Å². The van der Waals surface area contributed by atoms with Crippen LogP contribution in [0.15, 0.2) is 54.6 Å². The van der Waals surface area contributed by atoms with Crippen LogP contribution in [0.1, 0.15) is 53.0 Å². The molecular weight excluding hydrogens is 603 g/mol. The Kier molecular flexibility index (Phi) is 18.3. The molecule has 0 bridgehead atoms. The maximum Gasteiger partial charge on any atom is 0.338 e. The molecule has 9 heteroatoms. The normalized spacial score (nSPS) is 14.7. The van der Waals surface area contributed by atoms with E-state index in [2.05, 4.69) is 27.3 Å². The zero-order chi connectivity index (χ0) is 26.7. The van der Waals surface area contributed by atoms with Crippen LogP contribution in [0.25, 0.3) is 6.08 Å². The Morgan fingerprint density at radius 1 is 0.895 bits per heavy atom. The van der Waals surface area contributed by atoms with E-state index in [-0.39, 0.29) is 25.7 Å². The van der Waals surface area contributed by atoms with Crippen LogP contribution in [0.3, 0.4) is 0 Å². The zero-order valence-electron chi connectivity index (χ0n) is 21.4. The molecule has 0 spiro atoms. The predicted molar refractivity (Wildman–Crippen MR) is 155 cm³/mol. The molecule has 1 unspecified atom stereocenters. The number of benzene rings is 2. The molecule has 1 aliphatic heterocycles. The largest absolute Gasteiger partial charge is 0.465 e. The van der Waals surface area contributed by atoms with Crippen LogP contribution in [-0.2, 0) is 28.4 Å². The summed E-state index contributed by atoms with van der Waals surface area (Å²) in [4.78, 5) is 22.7. The van der Waals surface area contributed by atoms with E-state index in [4.69, 9.17) is 23.7 Å². The molecule has 0 N–H and O–H groups in total. The lowest BCUT2D eigenvalue weighted by molar-refractivity contribution is -0.169. The number of halogens is 1. The summed E-state index contributed by atoms with van der Waals surface area (Å²) in [5.41, 5.74) is 1.97. The number of esters is 2. The van der Waals surface area contributed by atoms with Crippen LogP contribution in [0.4, 0.5) is 0 Å². The summed E-state index contributed by atoms with van der Waals surface area (Å²) in [5.74, 6) is -0.629. The van der Waals surface area contributed by atoms with Gasteiger partial charge in [0.05, 0.1) is 58.4 Å². The SMILES string of the molecule is C.COC(=O)c1ccccc1/C=C/COCCOCCOC1CCCCO1.COC(=O)c1ccccc1I. The Labute approximate surface area is 239 Å². The molecule has 38 heavy (non-hydrogen) atoms. The maximum absolute atomic E-state index is 11.7. The highest BCUT2D eigenvalue weighted by Gasteiger charge is 2.13. The van der Waals surface area contributed by atoms with Crippen molar-refractivity contribution in [2.24, 2.45) is 0 Å². The molecule has 0 aliphatic carbocycles. The van der Waals surface area contributed by atoms with Gasteiger partial charge >= 0.3 is 11.9 Å². The van der Waals surface area contributed by atoms with E-state index >= 15 is 0 Å². The molecule has 210 valence electrons. The molecule has 1 aliphatic rings. The fourth-order valence-corrected chi connectivity index (χ4v) is 3.91. The molecular formula is C29H39IO8. The summed E-state index contributed by atoms with van der Waals surface area (Å²) in [6.07, 6.45) is 6.90. The van der Waals surface area contributed by atoms with Gasteiger partial charge in [-0.3, -0.25) is 0 Å². The van der Waals surface area contributed by atoms with Crippen LogP contribution >= 0.6 is 22.6 Å². The van der Waals surface area contributed by atoms with E-state index in [9.17, 15) is 9.59 Å². The van der Waals surface area contributed by atoms with E-state index in [0.717, 1.165) is 35.0 Å². The van der Waals surface area contributed by atoms with Crippen molar-refractivity contribution in [1.82, 2.24) is 0 Å². The molecule has 0 aromatic heterocycles. The predicted octanol–water partition coefficient (Wildman–Crippen LogP) is 5.78. The van der Waals surface area contributed by atoms with Crippen molar-refractivity contribution in [3.63, 3.8) is 0 Å². The molecule has 1 saturated heterocycles. The first-order chi connectivity index (χ1) is 18.1. The highest BCUT2D eigenvalue weighted by molar-refractivity contribution is 14.1. The molecule has 0 radical (unpaired) electrons. The minimum atomic E-state index is -0.347. The van der Waals surface area contributed by atoms with Crippen LogP contribution in [0.2, 0.25) is 0 Å². The van der Waals surface area contributed by atoms with Gasteiger partial charge in [-0.15, -0.1) is 0 Å².